The van der Waals surface area contributed by atoms with Crippen molar-refractivity contribution in [2.45, 2.75) is 131 Å². The van der Waals surface area contributed by atoms with Gasteiger partial charge in [-0.1, -0.05) is 83.9 Å². The Morgan fingerprint density at radius 1 is 0.545 bits per heavy atom. The maximum absolute atomic E-state index is 13.2. The van der Waals surface area contributed by atoms with E-state index in [9.17, 15) is 33.9 Å². The van der Waals surface area contributed by atoms with Crippen molar-refractivity contribution in [3.05, 3.63) is 0 Å². The van der Waals surface area contributed by atoms with Crippen molar-refractivity contribution in [1.29, 1.82) is 0 Å². The molecule has 320 valence electrons. The van der Waals surface area contributed by atoms with Crippen LogP contribution in [-0.2, 0) is 47.7 Å². The van der Waals surface area contributed by atoms with Crippen LogP contribution in [0.25, 0.3) is 0 Å². The van der Waals surface area contributed by atoms with E-state index in [2.05, 4.69) is 13.8 Å². The predicted octanol–water partition coefficient (Wildman–Crippen LogP) is 6.34. The Morgan fingerprint density at radius 3 is 1.35 bits per heavy atom. The van der Waals surface area contributed by atoms with Gasteiger partial charge in [-0.2, -0.15) is 0 Å². The highest BCUT2D eigenvalue weighted by Gasteiger charge is 2.31. The van der Waals surface area contributed by atoms with Gasteiger partial charge in [-0.05, 0) is 46.8 Å². The lowest BCUT2D eigenvalue weighted by Gasteiger charge is -2.28. The summed E-state index contributed by atoms with van der Waals surface area (Å²) in [5.41, 5.74) is -1.98. The number of amides is 1. The van der Waals surface area contributed by atoms with Gasteiger partial charge in [-0.3, -0.25) is 28.8 Å². The molecule has 0 fully saturated rings. The highest BCUT2D eigenvalue weighted by Crippen LogP contribution is 2.21. The number of unbranched alkanes of at least 4 members (excludes halogenated alkanes) is 8. The molecule has 1 N–H and O–H groups in total. The van der Waals surface area contributed by atoms with Gasteiger partial charge in [0, 0.05) is 38.6 Å². The molecule has 0 aliphatic heterocycles. The molecule has 2 atom stereocenters. The van der Waals surface area contributed by atoms with Crippen molar-refractivity contribution >= 4 is 46.8 Å². The second-order valence-corrected chi connectivity index (χ2v) is 16.3. The Kier molecular flexibility index (Phi) is 29.6. The third-order valence-corrected chi connectivity index (χ3v) is 9.70. The number of nitrogens with zero attached hydrogens (tertiary/aromatic N) is 2. The van der Waals surface area contributed by atoms with Gasteiger partial charge in [0.25, 0.3) is 5.24 Å². The number of thioether (sulfide) groups is 1. The first-order valence-corrected chi connectivity index (χ1v) is 21.0. The summed E-state index contributed by atoms with van der Waals surface area (Å²) in [4.78, 5) is 78.4. The summed E-state index contributed by atoms with van der Waals surface area (Å²) in [6.07, 6.45) is 10.9. The summed E-state index contributed by atoms with van der Waals surface area (Å²) in [6.45, 7) is 8.46. The molecule has 0 rings (SSSR count). The van der Waals surface area contributed by atoms with Crippen LogP contribution in [0.3, 0.4) is 0 Å². The minimum Gasteiger partial charge on any atom is -0.465 e. The van der Waals surface area contributed by atoms with Crippen molar-refractivity contribution < 1.29 is 57.6 Å². The average Bonchev–Trinajstić information content (AvgIpc) is 3.15. The molecule has 0 aliphatic carbocycles. The number of ether oxygens (including phenoxy) is 5. The molecule has 14 nitrogen and oxygen atoms in total. The number of aliphatic hydroxyl groups is 1. The van der Waals surface area contributed by atoms with Crippen LogP contribution in [0.15, 0.2) is 0 Å². The first-order chi connectivity index (χ1) is 26.1. The fourth-order valence-corrected chi connectivity index (χ4v) is 5.78. The molecule has 0 aliphatic rings. The van der Waals surface area contributed by atoms with E-state index >= 15 is 0 Å². The van der Waals surface area contributed by atoms with E-state index in [-0.39, 0.29) is 95.6 Å². The minimum absolute atomic E-state index is 0.0208. The third kappa shape index (κ3) is 29.1. The zero-order valence-corrected chi connectivity index (χ0v) is 35.7. The summed E-state index contributed by atoms with van der Waals surface area (Å²) < 4.78 is 26.9. The molecule has 0 saturated carbocycles. The number of rotatable bonds is 33. The van der Waals surface area contributed by atoms with Gasteiger partial charge in [-0.15, -0.1) is 0 Å². The van der Waals surface area contributed by atoms with E-state index in [4.69, 9.17) is 23.7 Å². The van der Waals surface area contributed by atoms with Crippen LogP contribution in [0.1, 0.15) is 131 Å². The monoisotopic (exact) mass is 804 g/mol. The van der Waals surface area contributed by atoms with E-state index in [0.29, 0.717) is 12.2 Å². The van der Waals surface area contributed by atoms with E-state index in [1.54, 1.807) is 13.8 Å². The van der Waals surface area contributed by atoms with Gasteiger partial charge in [-0.25, -0.2) is 0 Å². The van der Waals surface area contributed by atoms with Gasteiger partial charge < -0.3 is 38.6 Å². The van der Waals surface area contributed by atoms with Crippen molar-refractivity contribution in [1.82, 2.24) is 9.80 Å². The van der Waals surface area contributed by atoms with Crippen LogP contribution in [0.2, 0.25) is 0 Å². The zero-order chi connectivity index (χ0) is 41.5. The van der Waals surface area contributed by atoms with E-state index in [1.807, 2.05) is 19.0 Å². The van der Waals surface area contributed by atoms with Crippen molar-refractivity contribution in [2.75, 3.05) is 79.1 Å². The number of carbonyl (C=O) groups excluding carboxylic acids is 6. The Labute approximate surface area is 334 Å². The Morgan fingerprint density at radius 2 is 0.945 bits per heavy atom. The van der Waals surface area contributed by atoms with Crippen molar-refractivity contribution in [3.8, 4) is 0 Å². The van der Waals surface area contributed by atoms with Gasteiger partial charge >= 0.3 is 29.8 Å². The number of esters is 5. The zero-order valence-electron chi connectivity index (χ0n) is 34.9. The maximum Gasteiger partial charge on any atom is 0.307 e. The van der Waals surface area contributed by atoms with Crippen LogP contribution in [0.5, 0.6) is 0 Å². The van der Waals surface area contributed by atoms with Crippen LogP contribution >= 0.6 is 11.8 Å². The summed E-state index contributed by atoms with van der Waals surface area (Å²) >= 11 is 1.09. The smallest absolute Gasteiger partial charge is 0.307 e. The SMILES string of the molecule is CCCCCCCC(=O)OCC(C)(CO)COC(=O)CCN(CCC(=O)OCC(C)(COC(C)=O)COC(=O)CCCCCCC)C(=O)SCCCN(C)C. The van der Waals surface area contributed by atoms with Crippen LogP contribution in [-0.4, -0.2) is 129 Å². The largest absolute Gasteiger partial charge is 0.465 e. The molecular weight excluding hydrogens is 733 g/mol. The predicted molar refractivity (Wildman–Crippen MR) is 212 cm³/mol. The lowest BCUT2D eigenvalue weighted by molar-refractivity contribution is -0.160. The van der Waals surface area contributed by atoms with Gasteiger partial charge in [0.1, 0.15) is 33.0 Å². The fourth-order valence-electron chi connectivity index (χ4n) is 4.97. The summed E-state index contributed by atoms with van der Waals surface area (Å²) in [5, 5.41) is 9.66. The standard InChI is InChI=1S/C40H72N2O12S/c1-8-10-12-14-16-19-34(45)51-28-39(4,27-43)29-52-36(47)21-24-42(38(49)55-26-18-23-41(6)7)25-22-37(48)54-32-40(5,30-50-33(3)44)31-53-35(46)20-17-15-13-11-9-2/h43H,8-32H2,1-7H3. The molecule has 0 radical (unpaired) electrons. The highest BCUT2D eigenvalue weighted by molar-refractivity contribution is 8.13. The molecule has 15 heteroatoms. The molecule has 0 spiro atoms. The summed E-state index contributed by atoms with van der Waals surface area (Å²) in [7, 11) is 3.88. The normalized spacial score (nSPS) is 13.3. The van der Waals surface area contributed by atoms with Crippen molar-refractivity contribution in [3.63, 3.8) is 0 Å². The Hall–Kier alpha value is -2.91. The number of hydrogen-bond donors (Lipinski definition) is 1. The molecule has 0 saturated heterocycles. The number of aliphatic hydroxyl groups excluding tert-OH is 1. The second-order valence-electron chi connectivity index (χ2n) is 15.3. The Bertz CT molecular complexity index is 1120. The molecule has 0 aromatic carbocycles. The molecule has 0 aromatic rings. The third-order valence-electron chi connectivity index (χ3n) is 8.71. The van der Waals surface area contributed by atoms with E-state index in [1.165, 1.54) is 11.8 Å². The lowest BCUT2D eigenvalue weighted by Crippen LogP contribution is -2.38. The first kappa shape index (κ1) is 52.1. The topological polar surface area (TPSA) is 175 Å². The maximum atomic E-state index is 13.2. The van der Waals surface area contributed by atoms with Crippen LogP contribution in [0.4, 0.5) is 4.79 Å². The summed E-state index contributed by atoms with van der Waals surface area (Å²) in [5.74, 6) is -1.95. The molecule has 0 heterocycles. The number of carbonyl (C=O) groups is 6. The molecule has 0 aromatic heterocycles. The lowest BCUT2D eigenvalue weighted by atomic mass is 9.94. The minimum atomic E-state index is -0.994. The molecular formula is C40H72N2O12S. The van der Waals surface area contributed by atoms with Gasteiger partial charge in [0.2, 0.25) is 0 Å². The van der Waals surface area contributed by atoms with E-state index in [0.717, 1.165) is 82.5 Å². The average molecular weight is 805 g/mol. The second kappa shape index (κ2) is 31.2. The molecule has 0 bridgehead atoms. The molecule has 55 heavy (non-hydrogen) atoms. The van der Waals surface area contributed by atoms with Gasteiger partial charge in [0.15, 0.2) is 0 Å². The van der Waals surface area contributed by atoms with Crippen LogP contribution < -0.4 is 0 Å². The van der Waals surface area contributed by atoms with Gasteiger partial charge in [0.05, 0.1) is 30.3 Å². The first-order valence-electron chi connectivity index (χ1n) is 20.0. The van der Waals surface area contributed by atoms with Crippen molar-refractivity contribution in [2.24, 2.45) is 10.8 Å². The Balaban J connectivity index is 5.21. The highest BCUT2D eigenvalue weighted by atomic mass is 32.2. The number of hydrogen-bond acceptors (Lipinski definition) is 14. The quantitative estimate of drug-likeness (QED) is 0.0442. The summed E-state index contributed by atoms with van der Waals surface area (Å²) in [6, 6.07) is 0. The van der Waals surface area contributed by atoms with E-state index < -0.39 is 28.7 Å². The molecule has 1 amide bonds. The van der Waals surface area contributed by atoms with Crippen LogP contribution in [0, 0.1) is 10.8 Å². The molecule has 2 unspecified atom stereocenters. The fraction of sp³-hybridized carbons (Fsp3) is 0.850.